The molecule has 2 rings (SSSR count). The van der Waals surface area contributed by atoms with Gasteiger partial charge in [-0.2, -0.15) is 0 Å². The van der Waals surface area contributed by atoms with Crippen molar-refractivity contribution in [3.63, 3.8) is 0 Å². The van der Waals surface area contributed by atoms with Gasteiger partial charge in [0.2, 0.25) is 0 Å². The Morgan fingerprint density at radius 1 is 0.783 bits per heavy atom. The summed E-state index contributed by atoms with van der Waals surface area (Å²) in [6, 6.07) is 0. The molecule has 0 bridgehead atoms. The van der Waals surface area contributed by atoms with Gasteiger partial charge in [0.15, 0.2) is 12.6 Å². The largest absolute Gasteiger partial charge is 0.394 e. The summed E-state index contributed by atoms with van der Waals surface area (Å²) in [6.07, 6.45) is -13.8. The van der Waals surface area contributed by atoms with E-state index in [-0.39, 0.29) is 0 Å². The number of rotatable bonds is 4. The highest BCUT2D eigenvalue weighted by Gasteiger charge is 2.49. The standard InChI is InChI=1S/C13H24O10/c1-2-4-11(8(17)9(18)12(20)21-4)23-13-10(19)7(16)6(15)5(3-14)22-13/h4-20H,2-3H2,1H3/t4?,5?,6-,7+,8-,9?,10?,11-,12+,13?/m1/s1. The van der Waals surface area contributed by atoms with Crippen LogP contribution in [0, 0.1) is 0 Å². The Balaban J connectivity index is 2.11. The molecule has 0 aliphatic carbocycles. The number of aliphatic hydroxyl groups excluding tert-OH is 7. The second kappa shape index (κ2) is 7.66. The van der Waals surface area contributed by atoms with Crippen LogP contribution in [0.15, 0.2) is 0 Å². The van der Waals surface area contributed by atoms with Gasteiger partial charge in [-0.15, -0.1) is 0 Å². The third-order valence-electron chi connectivity index (χ3n) is 4.20. The molecule has 2 aliphatic rings. The molecule has 23 heavy (non-hydrogen) atoms. The number of hydrogen-bond acceptors (Lipinski definition) is 10. The zero-order valence-corrected chi connectivity index (χ0v) is 12.5. The van der Waals surface area contributed by atoms with Gasteiger partial charge in [-0.25, -0.2) is 0 Å². The van der Waals surface area contributed by atoms with Crippen molar-refractivity contribution in [2.45, 2.75) is 74.8 Å². The van der Waals surface area contributed by atoms with E-state index in [1.165, 1.54) is 0 Å². The molecule has 0 saturated carbocycles. The summed E-state index contributed by atoms with van der Waals surface area (Å²) in [5.74, 6) is 0. The first-order valence-corrected chi connectivity index (χ1v) is 7.47. The van der Waals surface area contributed by atoms with Crippen molar-refractivity contribution in [3.8, 4) is 0 Å². The van der Waals surface area contributed by atoms with E-state index in [1.54, 1.807) is 6.92 Å². The van der Waals surface area contributed by atoms with Gasteiger partial charge in [0.05, 0.1) is 12.7 Å². The van der Waals surface area contributed by atoms with Crippen LogP contribution in [-0.4, -0.2) is 104 Å². The van der Waals surface area contributed by atoms with Gasteiger partial charge in [0, 0.05) is 0 Å². The molecule has 7 N–H and O–H groups in total. The smallest absolute Gasteiger partial charge is 0.187 e. The zero-order chi connectivity index (χ0) is 17.3. The highest BCUT2D eigenvalue weighted by molar-refractivity contribution is 4.93. The molecule has 0 aromatic heterocycles. The lowest BCUT2D eigenvalue weighted by atomic mass is 9.96. The molecule has 0 spiro atoms. The summed E-state index contributed by atoms with van der Waals surface area (Å²) < 4.78 is 15.8. The quantitative estimate of drug-likeness (QED) is 0.268. The molecular weight excluding hydrogens is 316 g/mol. The van der Waals surface area contributed by atoms with E-state index in [0.717, 1.165) is 0 Å². The van der Waals surface area contributed by atoms with E-state index in [9.17, 15) is 30.6 Å². The molecule has 2 aliphatic heterocycles. The van der Waals surface area contributed by atoms with Crippen molar-refractivity contribution in [2.24, 2.45) is 0 Å². The van der Waals surface area contributed by atoms with E-state index < -0.39 is 68.0 Å². The topological polar surface area (TPSA) is 169 Å². The van der Waals surface area contributed by atoms with E-state index in [2.05, 4.69) is 0 Å². The fraction of sp³-hybridized carbons (Fsp3) is 1.00. The van der Waals surface area contributed by atoms with E-state index >= 15 is 0 Å². The van der Waals surface area contributed by atoms with Crippen molar-refractivity contribution < 1.29 is 50.0 Å². The average Bonchev–Trinajstić information content (AvgIpc) is 2.55. The predicted molar refractivity (Wildman–Crippen MR) is 71.8 cm³/mol. The van der Waals surface area contributed by atoms with Crippen LogP contribution in [0.4, 0.5) is 0 Å². The van der Waals surface area contributed by atoms with Crippen LogP contribution in [0.5, 0.6) is 0 Å². The molecule has 5 unspecified atom stereocenters. The maximum atomic E-state index is 10.1. The molecule has 0 aromatic rings. The normalized spacial score (nSPS) is 51.7. The Hall–Kier alpha value is -0.400. The first kappa shape index (κ1) is 18.9. The van der Waals surface area contributed by atoms with Crippen LogP contribution in [0.3, 0.4) is 0 Å². The number of ether oxygens (including phenoxy) is 3. The van der Waals surface area contributed by atoms with Crippen molar-refractivity contribution in [2.75, 3.05) is 6.61 Å². The Kier molecular flexibility index (Phi) is 6.30. The summed E-state index contributed by atoms with van der Waals surface area (Å²) in [4.78, 5) is 0. The minimum atomic E-state index is -1.64. The SMILES string of the molecule is CCC1O[C@H](O)C(O)[C@@H](O)[C@@H]1OC1OC(CO)[C@@H](O)[C@H](O)C1O. The Morgan fingerprint density at radius 2 is 1.43 bits per heavy atom. The Labute approximate surface area is 132 Å². The van der Waals surface area contributed by atoms with Gasteiger partial charge in [-0.3, -0.25) is 0 Å². The minimum Gasteiger partial charge on any atom is -0.394 e. The molecule has 0 aromatic carbocycles. The third kappa shape index (κ3) is 3.66. The zero-order valence-electron chi connectivity index (χ0n) is 12.5. The van der Waals surface area contributed by atoms with Crippen LogP contribution in [-0.2, 0) is 14.2 Å². The highest BCUT2D eigenvalue weighted by Crippen LogP contribution is 2.29. The molecule has 0 radical (unpaired) electrons. The van der Waals surface area contributed by atoms with Crippen LogP contribution < -0.4 is 0 Å². The summed E-state index contributed by atoms with van der Waals surface area (Å²) in [7, 11) is 0. The summed E-state index contributed by atoms with van der Waals surface area (Å²) in [5, 5.41) is 67.8. The second-order valence-electron chi connectivity index (χ2n) is 5.75. The van der Waals surface area contributed by atoms with Crippen LogP contribution in [0.25, 0.3) is 0 Å². The third-order valence-corrected chi connectivity index (χ3v) is 4.20. The molecule has 0 amide bonds. The molecule has 136 valence electrons. The maximum absolute atomic E-state index is 10.1. The number of hydrogen-bond donors (Lipinski definition) is 7. The fourth-order valence-corrected chi connectivity index (χ4v) is 2.75. The fourth-order valence-electron chi connectivity index (χ4n) is 2.75. The molecular formula is C13H24O10. The lowest BCUT2D eigenvalue weighted by Gasteiger charge is -2.45. The lowest BCUT2D eigenvalue weighted by Crippen LogP contribution is -2.63. The summed E-state index contributed by atoms with van der Waals surface area (Å²) in [6.45, 7) is 1.08. The second-order valence-corrected chi connectivity index (χ2v) is 5.75. The highest BCUT2D eigenvalue weighted by atomic mass is 16.7. The average molecular weight is 340 g/mol. The van der Waals surface area contributed by atoms with Gasteiger partial charge < -0.3 is 50.0 Å². The lowest BCUT2D eigenvalue weighted by molar-refractivity contribution is -0.353. The van der Waals surface area contributed by atoms with Gasteiger partial charge in [0.25, 0.3) is 0 Å². The molecule has 10 atom stereocenters. The van der Waals surface area contributed by atoms with Gasteiger partial charge in [-0.1, -0.05) is 6.92 Å². The molecule has 10 nitrogen and oxygen atoms in total. The minimum absolute atomic E-state index is 0.322. The Bertz CT molecular complexity index is 378. The first-order valence-electron chi connectivity index (χ1n) is 7.47. The van der Waals surface area contributed by atoms with Crippen molar-refractivity contribution >= 4 is 0 Å². The molecule has 2 saturated heterocycles. The number of aliphatic hydroxyl groups is 7. The van der Waals surface area contributed by atoms with E-state index in [4.69, 9.17) is 19.3 Å². The monoisotopic (exact) mass is 340 g/mol. The maximum Gasteiger partial charge on any atom is 0.187 e. The van der Waals surface area contributed by atoms with E-state index in [0.29, 0.717) is 6.42 Å². The summed E-state index contributed by atoms with van der Waals surface area (Å²) in [5.41, 5.74) is 0. The summed E-state index contributed by atoms with van der Waals surface area (Å²) >= 11 is 0. The van der Waals surface area contributed by atoms with Crippen molar-refractivity contribution in [1.29, 1.82) is 0 Å². The predicted octanol–water partition coefficient (Wildman–Crippen LogP) is -3.98. The van der Waals surface area contributed by atoms with Gasteiger partial charge in [-0.05, 0) is 6.42 Å². The van der Waals surface area contributed by atoms with Crippen LogP contribution >= 0.6 is 0 Å². The van der Waals surface area contributed by atoms with Gasteiger partial charge >= 0.3 is 0 Å². The van der Waals surface area contributed by atoms with Gasteiger partial charge in [0.1, 0.15) is 42.7 Å². The molecule has 10 heteroatoms. The molecule has 2 heterocycles. The first-order chi connectivity index (χ1) is 10.8. The van der Waals surface area contributed by atoms with E-state index in [1.807, 2.05) is 0 Å². The van der Waals surface area contributed by atoms with Crippen molar-refractivity contribution in [3.05, 3.63) is 0 Å². The van der Waals surface area contributed by atoms with Crippen LogP contribution in [0.1, 0.15) is 13.3 Å². The van der Waals surface area contributed by atoms with Crippen LogP contribution in [0.2, 0.25) is 0 Å². The van der Waals surface area contributed by atoms with Crippen molar-refractivity contribution in [1.82, 2.24) is 0 Å². The Morgan fingerprint density at radius 3 is 2.00 bits per heavy atom. The molecule has 2 fully saturated rings.